The molecule has 6 heteroatoms. The molecule has 1 amide bonds. The molecule has 0 aliphatic rings. The third kappa shape index (κ3) is 4.31. The molecular weight excluding hydrogens is 290 g/mol. The first-order valence-corrected chi connectivity index (χ1v) is 8.23. The van der Waals surface area contributed by atoms with E-state index in [9.17, 15) is 4.79 Å². The molecule has 2 aromatic rings. The summed E-state index contributed by atoms with van der Waals surface area (Å²) in [5.74, 6) is -0.0435. The minimum atomic E-state index is -0.170. The van der Waals surface area contributed by atoms with Gasteiger partial charge < -0.3 is 0 Å². The second-order valence-corrected chi connectivity index (χ2v) is 6.79. The summed E-state index contributed by atoms with van der Waals surface area (Å²) in [6, 6.07) is 9.90. The van der Waals surface area contributed by atoms with Gasteiger partial charge in [0.15, 0.2) is 0 Å². The van der Waals surface area contributed by atoms with Gasteiger partial charge in [-0.25, -0.2) is 0 Å². The predicted octanol–water partition coefficient (Wildman–Crippen LogP) is 3.61. The lowest BCUT2D eigenvalue weighted by Crippen LogP contribution is -2.22. The van der Waals surface area contributed by atoms with Crippen LogP contribution in [0.25, 0.3) is 0 Å². The maximum atomic E-state index is 12.1. The molecule has 106 valence electrons. The van der Waals surface area contributed by atoms with Crippen molar-refractivity contribution in [1.29, 1.82) is 0 Å². The Morgan fingerprint density at radius 1 is 1.35 bits per heavy atom. The van der Waals surface area contributed by atoms with Gasteiger partial charge in [-0.1, -0.05) is 36.5 Å². The zero-order valence-corrected chi connectivity index (χ0v) is 13.1. The Morgan fingerprint density at radius 2 is 2.10 bits per heavy atom. The summed E-state index contributed by atoms with van der Waals surface area (Å²) in [7, 11) is 0. The van der Waals surface area contributed by atoms with E-state index in [0.29, 0.717) is 5.13 Å². The molecule has 0 saturated carbocycles. The van der Waals surface area contributed by atoms with E-state index >= 15 is 0 Å². The summed E-state index contributed by atoms with van der Waals surface area (Å²) in [6.07, 6.45) is 1.94. The Labute approximate surface area is 127 Å². The second kappa shape index (κ2) is 7.40. The number of aryl methyl sites for hydroxylation is 1. The largest absolute Gasteiger partial charge is 0.300 e. The van der Waals surface area contributed by atoms with Crippen LogP contribution in [0.4, 0.5) is 5.13 Å². The molecule has 0 radical (unpaired) electrons. The van der Waals surface area contributed by atoms with Crippen LogP contribution in [0.1, 0.15) is 25.3 Å². The van der Waals surface area contributed by atoms with Crippen LogP contribution in [-0.2, 0) is 11.2 Å². The molecule has 0 bridgehead atoms. The van der Waals surface area contributed by atoms with Gasteiger partial charge in [-0.15, -0.1) is 22.0 Å². The van der Waals surface area contributed by atoms with Gasteiger partial charge in [0.2, 0.25) is 11.0 Å². The fraction of sp³-hybridized carbons (Fsp3) is 0.357. The van der Waals surface area contributed by atoms with Crippen molar-refractivity contribution in [2.24, 2.45) is 0 Å². The number of nitrogens with zero attached hydrogens (tertiary/aromatic N) is 2. The molecule has 1 N–H and O–H groups in total. The summed E-state index contributed by atoms with van der Waals surface area (Å²) in [5.41, 5.74) is 0. The minimum Gasteiger partial charge on any atom is -0.300 e. The van der Waals surface area contributed by atoms with Gasteiger partial charge in [-0.3, -0.25) is 10.1 Å². The van der Waals surface area contributed by atoms with Crippen molar-refractivity contribution in [3.05, 3.63) is 35.3 Å². The van der Waals surface area contributed by atoms with Crippen LogP contribution in [-0.4, -0.2) is 21.4 Å². The first-order valence-electron chi connectivity index (χ1n) is 6.54. The number of nitrogens with one attached hydrogen (secondary N) is 1. The number of carbonyl (C=O) groups excluding carboxylic acids is 1. The van der Waals surface area contributed by atoms with Crippen LogP contribution in [0, 0.1) is 0 Å². The first-order chi connectivity index (χ1) is 9.69. The standard InChI is InChI=1S/C14H17N3OS2/c1-3-7-12-16-17-14(20-12)15-13(18)10(2)19-11-8-5-4-6-9-11/h4-6,8-10H,3,7H2,1-2H3,(H,15,17,18). The summed E-state index contributed by atoms with van der Waals surface area (Å²) >= 11 is 2.98. The number of anilines is 1. The number of benzene rings is 1. The van der Waals surface area contributed by atoms with E-state index in [1.165, 1.54) is 23.1 Å². The van der Waals surface area contributed by atoms with Crippen molar-refractivity contribution in [2.45, 2.75) is 36.8 Å². The lowest BCUT2D eigenvalue weighted by atomic mass is 10.4. The van der Waals surface area contributed by atoms with E-state index in [4.69, 9.17) is 0 Å². The molecular formula is C14H17N3OS2. The Balaban J connectivity index is 1.90. The van der Waals surface area contributed by atoms with Crippen LogP contribution < -0.4 is 5.32 Å². The lowest BCUT2D eigenvalue weighted by Gasteiger charge is -2.09. The SMILES string of the molecule is CCCc1nnc(NC(=O)C(C)Sc2ccccc2)s1. The number of carbonyl (C=O) groups is 1. The highest BCUT2D eigenvalue weighted by atomic mass is 32.2. The molecule has 4 nitrogen and oxygen atoms in total. The van der Waals surface area contributed by atoms with Crippen LogP contribution in [0.5, 0.6) is 0 Å². The van der Waals surface area contributed by atoms with Gasteiger partial charge in [0.25, 0.3) is 0 Å². The van der Waals surface area contributed by atoms with Crippen LogP contribution >= 0.6 is 23.1 Å². The lowest BCUT2D eigenvalue weighted by molar-refractivity contribution is -0.115. The van der Waals surface area contributed by atoms with Crippen molar-refractivity contribution in [3.8, 4) is 0 Å². The summed E-state index contributed by atoms with van der Waals surface area (Å²) < 4.78 is 0. The van der Waals surface area contributed by atoms with Crippen LogP contribution in [0.3, 0.4) is 0 Å². The van der Waals surface area contributed by atoms with Gasteiger partial charge in [0, 0.05) is 11.3 Å². The van der Waals surface area contributed by atoms with Gasteiger partial charge in [-0.2, -0.15) is 0 Å². The number of aromatic nitrogens is 2. The molecule has 2 rings (SSSR count). The average Bonchev–Trinajstić information content (AvgIpc) is 2.87. The maximum Gasteiger partial charge on any atom is 0.239 e. The van der Waals surface area contributed by atoms with Crippen molar-refractivity contribution in [2.75, 3.05) is 5.32 Å². The summed E-state index contributed by atoms with van der Waals surface area (Å²) in [4.78, 5) is 13.2. The number of hydrogen-bond donors (Lipinski definition) is 1. The normalized spacial score (nSPS) is 12.1. The van der Waals surface area contributed by atoms with Gasteiger partial charge in [-0.05, 0) is 25.5 Å². The van der Waals surface area contributed by atoms with E-state index < -0.39 is 0 Å². The Morgan fingerprint density at radius 3 is 2.80 bits per heavy atom. The van der Waals surface area contributed by atoms with Crippen LogP contribution in [0.2, 0.25) is 0 Å². The highest BCUT2D eigenvalue weighted by molar-refractivity contribution is 8.00. The molecule has 20 heavy (non-hydrogen) atoms. The molecule has 0 spiro atoms. The molecule has 1 aromatic heterocycles. The Bertz CT molecular complexity index is 557. The van der Waals surface area contributed by atoms with Crippen molar-refractivity contribution < 1.29 is 4.79 Å². The third-order valence-corrected chi connectivity index (χ3v) is 4.60. The fourth-order valence-corrected chi connectivity index (χ4v) is 3.32. The van der Waals surface area contributed by atoms with Crippen molar-refractivity contribution in [1.82, 2.24) is 10.2 Å². The zero-order chi connectivity index (χ0) is 14.4. The molecule has 0 aliphatic carbocycles. The molecule has 0 aliphatic heterocycles. The zero-order valence-electron chi connectivity index (χ0n) is 11.5. The van der Waals surface area contributed by atoms with E-state index in [1.807, 2.05) is 37.3 Å². The van der Waals surface area contributed by atoms with Crippen LogP contribution in [0.15, 0.2) is 35.2 Å². The summed E-state index contributed by atoms with van der Waals surface area (Å²) in [6.45, 7) is 3.99. The molecule has 1 heterocycles. The second-order valence-electron chi connectivity index (χ2n) is 4.31. The van der Waals surface area contributed by atoms with Crippen molar-refractivity contribution >= 4 is 34.1 Å². The van der Waals surface area contributed by atoms with Crippen molar-refractivity contribution in [3.63, 3.8) is 0 Å². The average molecular weight is 307 g/mol. The maximum absolute atomic E-state index is 12.1. The quantitative estimate of drug-likeness (QED) is 0.828. The van der Waals surface area contributed by atoms with Gasteiger partial charge in [0.05, 0.1) is 5.25 Å². The number of thioether (sulfide) groups is 1. The monoisotopic (exact) mass is 307 g/mol. The minimum absolute atomic E-state index is 0.0435. The summed E-state index contributed by atoms with van der Waals surface area (Å²) in [5, 5.41) is 12.2. The molecule has 1 aromatic carbocycles. The number of hydrogen-bond acceptors (Lipinski definition) is 5. The van der Waals surface area contributed by atoms with E-state index in [0.717, 1.165) is 22.7 Å². The Kier molecular flexibility index (Phi) is 5.55. The van der Waals surface area contributed by atoms with E-state index in [1.54, 1.807) is 0 Å². The third-order valence-electron chi connectivity index (χ3n) is 2.59. The molecule has 1 atom stereocenters. The van der Waals surface area contributed by atoms with E-state index in [2.05, 4.69) is 22.4 Å². The highest BCUT2D eigenvalue weighted by Gasteiger charge is 2.16. The molecule has 1 unspecified atom stereocenters. The van der Waals surface area contributed by atoms with Gasteiger partial charge in [0.1, 0.15) is 5.01 Å². The first kappa shape index (κ1) is 15.0. The fourth-order valence-electron chi connectivity index (χ4n) is 1.58. The van der Waals surface area contributed by atoms with Gasteiger partial charge >= 0.3 is 0 Å². The van der Waals surface area contributed by atoms with E-state index in [-0.39, 0.29) is 11.2 Å². The predicted molar refractivity (Wildman–Crippen MR) is 84.3 cm³/mol. The molecule has 0 saturated heterocycles. The highest BCUT2D eigenvalue weighted by Crippen LogP contribution is 2.24. The molecule has 0 fully saturated rings. The topological polar surface area (TPSA) is 54.9 Å². The number of rotatable bonds is 6. The smallest absolute Gasteiger partial charge is 0.239 e. The number of amides is 1. The Hall–Kier alpha value is -1.40.